The van der Waals surface area contributed by atoms with Crippen LogP contribution in [-0.2, 0) is 9.53 Å². The van der Waals surface area contributed by atoms with Gasteiger partial charge in [-0.25, -0.2) is 0 Å². The van der Waals surface area contributed by atoms with E-state index in [-0.39, 0.29) is 12.5 Å². The van der Waals surface area contributed by atoms with Crippen LogP contribution in [0.5, 0.6) is 0 Å². The molecule has 0 aliphatic heterocycles. The van der Waals surface area contributed by atoms with E-state index >= 15 is 0 Å². The third kappa shape index (κ3) is 2.97. The van der Waals surface area contributed by atoms with Gasteiger partial charge in [0.15, 0.2) is 0 Å². The number of aromatic amines is 1. The van der Waals surface area contributed by atoms with Crippen molar-refractivity contribution >= 4 is 11.9 Å². The topological polar surface area (TPSA) is 101 Å². The molecule has 0 spiro atoms. The summed E-state index contributed by atoms with van der Waals surface area (Å²) in [6, 6.07) is 6.71. The highest BCUT2D eigenvalue weighted by molar-refractivity contribution is 5.96. The first-order valence-corrected chi connectivity index (χ1v) is 5.78. The minimum absolute atomic E-state index is 0.0953. The van der Waals surface area contributed by atoms with Crippen LogP contribution in [0.1, 0.15) is 10.4 Å². The predicted molar refractivity (Wildman–Crippen MR) is 68.6 cm³/mol. The Balaban J connectivity index is 2.09. The fourth-order valence-electron chi connectivity index (χ4n) is 1.60. The van der Waals surface area contributed by atoms with Gasteiger partial charge in [0, 0.05) is 18.2 Å². The second-order valence-corrected chi connectivity index (χ2v) is 4.05. The van der Waals surface area contributed by atoms with Crippen molar-refractivity contribution in [3.05, 3.63) is 29.8 Å². The summed E-state index contributed by atoms with van der Waals surface area (Å²) in [4.78, 5) is 24.5. The first-order valence-electron chi connectivity index (χ1n) is 5.78. The van der Waals surface area contributed by atoms with Crippen LogP contribution in [0.25, 0.3) is 11.4 Å². The number of esters is 1. The quantitative estimate of drug-likeness (QED) is 0.795. The zero-order valence-electron chi connectivity index (χ0n) is 11.0. The number of methoxy groups -OCH3 is 1. The van der Waals surface area contributed by atoms with E-state index in [2.05, 4.69) is 25.4 Å². The molecule has 0 bridgehead atoms. The first kappa shape index (κ1) is 13.7. The normalized spacial score (nSPS) is 10.1. The van der Waals surface area contributed by atoms with Gasteiger partial charge in [-0.3, -0.25) is 9.59 Å². The second kappa shape index (κ2) is 5.91. The van der Waals surface area contributed by atoms with E-state index in [4.69, 9.17) is 0 Å². The van der Waals surface area contributed by atoms with E-state index in [9.17, 15) is 9.59 Å². The Morgan fingerprint density at radius 2 is 2.00 bits per heavy atom. The molecule has 0 radical (unpaired) electrons. The molecule has 0 fully saturated rings. The summed E-state index contributed by atoms with van der Waals surface area (Å²) in [5.74, 6) is -0.286. The monoisotopic (exact) mass is 275 g/mol. The first-order chi connectivity index (χ1) is 9.61. The van der Waals surface area contributed by atoms with Crippen LogP contribution >= 0.6 is 0 Å². The molecule has 2 aromatic rings. The van der Waals surface area contributed by atoms with Crippen molar-refractivity contribution in [1.82, 2.24) is 25.5 Å². The Labute approximate surface area is 114 Å². The molecule has 0 aliphatic rings. The smallest absolute Gasteiger partial charge is 0.325 e. The summed E-state index contributed by atoms with van der Waals surface area (Å²) in [5, 5.41) is 13.5. The average molecular weight is 275 g/mol. The molecule has 1 amide bonds. The van der Waals surface area contributed by atoms with Gasteiger partial charge in [-0.15, -0.1) is 10.2 Å². The molecule has 0 unspecified atom stereocenters. The molecule has 1 aromatic carbocycles. The lowest BCUT2D eigenvalue weighted by Crippen LogP contribution is -2.32. The number of H-pyrrole nitrogens is 1. The van der Waals surface area contributed by atoms with Crippen LogP contribution in [0.4, 0.5) is 0 Å². The molecular weight excluding hydrogens is 262 g/mol. The lowest BCUT2D eigenvalue weighted by atomic mass is 10.1. The van der Waals surface area contributed by atoms with Crippen molar-refractivity contribution in [3.8, 4) is 11.4 Å². The number of nitrogens with zero attached hydrogens (tertiary/aromatic N) is 4. The molecule has 20 heavy (non-hydrogen) atoms. The zero-order chi connectivity index (χ0) is 14.5. The van der Waals surface area contributed by atoms with Crippen molar-refractivity contribution in [2.24, 2.45) is 0 Å². The molecule has 0 saturated carbocycles. The largest absolute Gasteiger partial charge is 0.468 e. The highest BCUT2D eigenvalue weighted by Gasteiger charge is 2.15. The van der Waals surface area contributed by atoms with Crippen LogP contribution in [0.15, 0.2) is 24.3 Å². The number of carbonyl (C=O) groups excluding carboxylic acids is 2. The number of benzene rings is 1. The number of hydrogen-bond acceptors (Lipinski definition) is 6. The SMILES string of the molecule is COC(=O)CN(C)C(=O)c1ccc(-c2nn[nH]n2)cc1. The van der Waals surface area contributed by atoms with Gasteiger partial charge >= 0.3 is 5.97 Å². The molecule has 8 nitrogen and oxygen atoms in total. The number of likely N-dealkylation sites (N-methyl/N-ethyl adjacent to an activating group) is 1. The summed E-state index contributed by atoms with van der Waals surface area (Å²) >= 11 is 0. The Morgan fingerprint density at radius 3 is 2.55 bits per heavy atom. The predicted octanol–water partition coefficient (Wildman–Crippen LogP) is 0.112. The Kier molecular flexibility index (Phi) is 4.04. The van der Waals surface area contributed by atoms with E-state index in [0.717, 1.165) is 5.56 Å². The van der Waals surface area contributed by atoms with Crippen molar-refractivity contribution < 1.29 is 14.3 Å². The molecule has 2 rings (SSSR count). The van der Waals surface area contributed by atoms with Gasteiger partial charge < -0.3 is 9.64 Å². The zero-order valence-corrected chi connectivity index (χ0v) is 11.0. The summed E-state index contributed by atoms with van der Waals surface area (Å²) in [6.45, 7) is -0.0953. The number of ether oxygens (including phenoxy) is 1. The van der Waals surface area contributed by atoms with Crippen molar-refractivity contribution in [2.45, 2.75) is 0 Å². The standard InChI is InChI=1S/C12H13N5O3/c1-17(7-10(18)20-2)12(19)9-5-3-8(4-6-9)11-13-15-16-14-11/h3-6H,7H2,1-2H3,(H,13,14,15,16). The maximum atomic E-state index is 12.1. The number of tetrazole rings is 1. The van der Waals surface area contributed by atoms with Crippen LogP contribution in [0.3, 0.4) is 0 Å². The molecule has 0 atom stereocenters. The van der Waals surface area contributed by atoms with Gasteiger partial charge in [0.25, 0.3) is 5.91 Å². The lowest BCUT2D eigenvalue weighted by Gasteiger charge is -2.15. The molecule has 0 aliphatic carbocycles. The Bertz CT molecular complexity index is 594. The minimum atomic E-state index is -0.468. The molecule has 0 saturated heterocycles. The van der Waals surface area contributed by atoms with Gasteiger partial charge in [0.05, 0.1) is 7.11 Å². The van der Waals surface area contributed by atoms with E-state index in [1.165, 1.54) is 19.1 Å². The van der Waals surface area contributed by atoms with Gasteiger partial charge in [0.2, 0.25) is 5.82 Å². The summed E-state index contributed by atoms with van der Waals surface area (Å²) < 4.78 is 4.52. The van der Waals surface area contributed by atoms with Crippen molar-refractivity contribution in [1.29, 1.82) is 0 Å². The van der Waals surface area contributed by atoms with Gasteiger partial charge in [-0.05, 0) is 17.3 Å². The van der Waals surface area contributed by atoms with E-state index in [0.29, 0.717) is 11.4 Å². The highest BCUT2D eigenvalue weighted by Crippen LogP contribution is 2.14. The molecule has 8 heteroatoms. The molecular formula is C12H13N5O3. The fraction of sp³-hybridized carbons (Fsp3) is 0.250. The summed E-state index contributed by atoms with van der Waals surface area (Å²) in [5.41, 5.74) is 1.20. The van der Waals surface area contributed by atoms with Gasteiger partial charge in [0.1, 0.15) is 6.54 Å². The molecule has 104 valence electrons. The fourth-order valence-corrected chi connectivity index (χ4v) is 1.60. The summed E-state index contributed by atoms with van der Waals surface area (Å²) in [6.07, 6.45) is 0. The number of hydrogen-bond donors (Lipinski definition) is 1. The van der Waals surface area contributed by atoms with Crippen molar-refractivity contribution in [3.63, 3.8) is 0 Å². The van der Waals surface area contributed by atoms with Crippen molar-refractivity contribution in [2.75, 3.05) is 20.7 Å². The Hall–Kier alpha value is -2.77. The van der Waals surface area contributed by atoms with E-state index < -0.39 is 5.97 Å². The number of amides is 1. The maximum absolute atomic E-state index is 12.1. The van der Waals surface area contributed by atoms with Crippen LogP contribution < -0.4 is 0 Å². The molecule has 1 N–H and O–H groups in total. The number of carbonyl (C=O) groups is 2. The van der Waals surface area contributed by atoms with Gasteiger partial charge in [-0.2, -0.15) is 5.21 Å². The third-order valence-corrected chi connectivity index (χ3v) is 2.68. The van der Waals surface area contributed by atoms with E-state index in [1.54, 1.807) is 24.3 Å². The average Bonchev–Trinajstić information content (AvgIpc) is 3.00. The highest BCUT2D eigenvalue weighted by atomic mass is 16.5. The maximum Gasteiger partial charge on any atom is 0.325 e. The third-order valence-electron chi connectivity index (χ3n) is 2.68. The minimum Gasteiger partial charge on any atom is -0.468 e. The van der Waals surface area contributed by atoms with Crippen LogP contribution in [0, 0.1) is 0 Å². The Morgan fingerprint density at radius 1 is 1.30 bits per heavy atom. The second-order valence-electron chi connectivity index (χ2n) is 4.05. The number of nitrogens with one attached hydrogen (secondary N) is 1. The number of aromatic nitrogens is 4. The van der Waals surface area contributed by atoms with Crippen LogP contribution in [0.2, 0.25) is 0 Å². The van der Waals surface area contributed by atoms with Gasteiger partial charge in [-0.1, -0.05) is 12.1 Å². The molecule has 1 aromatic heterocycles. The number of rotatable bonds is 4. The molecule has 1 heterocycles. The van der Waals surface area contributed by atoms with E-state index in [1.807, 2.05) is 0 Å². The van der Waals surface area contributed by atoms with Crippen LogP contribution in [-0.4, -0.2) is 58.1 Å². The summed E-state index contributed by atoms with van der Waals surface area (Å²) in [7, 11) is 2.81. The lowest BCUT2D eigenvalue weighted by molar-refractivity contribution is -0.141.